The fraction of sp³-hybridized carbons (Fsp3) is 1.00. The van der Waals surface area contributed by atoms with Crippen LogP contribution in [-0.2, 0) is 10.0 Å². The van der Waals surface area contributed by atoms with Gasteiger partial charge in [-0.25, -0.2) is 12.7 Å². The summed E-state index contributed by atoms with van der Waals surface area (Å²) in [5.74, 6) is 0.674. The van der Waals surface area contributed by atoms with Gasteiger partial charge in [0, 0.05) is 13.6 Å². The van der Waals surface area contributed by atoms with Crippen LogP contribution in [0, 0.1) is 11.3 Å². The molecule has 0 amide bonds. The summed E-state index contributed by atoms with van der Waals surface area (Å²) in [5, 5.41) is 0. The third kappa shape index (κ3) is 5.43. The summed E-state index contributed by atoms with van der Waals surface area (Å²) in [7, 11) is -1.44. The van der Waals surface area contributed by atoms with Gasteiger partial charge in [-0.05, 0) is 30.7 Å². The smallest absolute Gasteiger partial charge is 0.214 e. The predicted molar refractivity (Wildman–Crippen MR) is 78.5 cm³/mol. The highest BCUT2D eigenvalue weighted by Gasteiger charge is 2.29. The summed E-state index contributed by atoms with van der Waals surface area (Å²) in [4.78, 5) is 0. The topological polar surface area (TPSA) is 63.4 Å². The summed E-state index contributed by atoms with van der Waals surface area (Å²) < 4.78 is 25.8. The third-order valence-corrected chi connectivity index (χ3v) is 5.57. The van der Waals surface area contributed by atoms with Crippen LogP contribution in [0.5, 0.6) is 0 Å². The van der Waals surface area contributed by atoms with Crippen LogP contribution < -0.4 is 5.73 Å². The van der Waals surface area contributed by atoms with E-state index in [0.29, 0.717) is 24.8 Å². The molecule has 1 aliphatic rings. The standard InChI is InChI=1S/C12H26N2O2S.ClH/c1-12(2,9-13)10-14(3)17(15,16)8-11-6-4-5-7-11;/h11H,4-10,13H2,1-3H3;1H. The minimum absolute atomic E-state index is 0. The zero-order valence-corrected chi connectivity index (χ0v) is 13.3. The van der Waals surface area contributed by atoms with E-state index in [1.807, 2.05) is 13.8 Å². The lowest BCUT2D eigenvalue weighted by Gasteiger charge is -2.29. The minimum atomic E-state index is -3.11. The molecule has 2 N–H and O–H groups in total. The Morgan fingerprint density at radius 3 is 2.22 bits per heavy atom. The maximum absolute atomic E-state index is 12.2. The van der Waals surface area contributed by atoms with Crippen LogP contribution in [0.2, 0.25) is 0 Å². The van der Waals surface area contributed by atoms with E-state index in [2.05, 4.69) is 0 Å². The van der Waals surface area contributed by atoms with Crippen molar-refractivity contribution >= 4 is 22.4 Å². The van der Waals surface area contributed by atoms with Crippen LogP contribution in [0.3, 0.4) is 0 Å². The zero-order chi connectivity index (χ0) is 13.1. The number of halogens is 1. The van der Waals surface area contributed by atoms with Gasteiger partial charge in [-0.3, -0.25) is 0 Å². The van der Waals surface area contributed by atoms with Crippen LogP contribution in [0.4, 0.5) is 0 Å². The summed E-state index contributed by atoms with van der Waals surface area (Å²) in [6.45, 7) is 4.98. The van der Waals surface area contributed by atoms with Gasteiger partial charge in [0.15, 0.2) is 0 Å². The highest BCUT2D eigenvalue weighted by atomic mass is 35.5. The monoisotopic (exact) mass is 298 g/mol. The Balaban J connectivity index is 0.00000289. The number of nitrogens with two attached hydrogens (primary N) is 1. The summed E-state index contributed by atoms with van der Waals surface area (Å²) in [6, 6.07) is 0. The van der Waals surface area contributed by atoms with Gasteiger partial charge >= 0.3 is 0 Å². The van der Waals surface area contributed by atoms with E-state index in [-0.39, 0.29) is 17.8 Å². The molecule has 0 aromatic heterocycles. The molecule has 0 atom stereocenters. The highest BCUT2D eigenvalue weighted by molar-refractivity contribution is 7.89. The molecule has 0 aromatic rings. The lowest BCUT2D eigenvalue weighted by molar-refractivity contribution is 0.290. The normalized spacial score (nSPS) is 18.1. The van der Waals surface area contributed by atoms with E-state index in [9.17, 15) is 8.42 Å². The van der Waals surface area contributed by atoms with E-state index in [4.69, 9.17) is 5.73 Å². The summed E-state index contributed by atoms with van der Waals surface area (Å²) >= 11 is 0. The molecule has 1 fully saturated rings. The molecule has 1 saturated carbocycles. The van der Waals surface area contributed by atoms with Crippen LogP contribution in [0.25, 0.3) is 0 Å². The van der Waals surface area contributed by atoms with Crippen molar-refractivity contribution < 1.29 is 8.42 Å². The van der Waals surface area contributed by atoms with Crippen LogP contribution >= 0.6 is 12.4 Å². The molecule has 6 heteroatoms. The van der Waals surface area contributed by atoms with Crippen LogP contribution in [-0.4, -0.2) is 38.6 Å². The Morgan fingerprint density at radius 2 is 1.78 bits per heavy atom. The quantitative estimate of drug-likeness (QED) is 0.814. The van der Waals surface area contributed by atoms with E-state index in [1.165, 1.54) is 17.1 Å². The molecule has 18 heavy (non-hydrogen) atoms. The van der Waals surface area contributed by atoms with Gasteiger partial charge in [-0.1, -0.05) is 26.7 Å². The number of sulfonamides is 1. The Hall–Kier alpha value is 0.160. The minimum Gasteiger partial charge on any atom is -0.330 e. The van der Waals surface area contributed by atoms with Crippen molar-refractivity contribution in [3.05, 3.63) is 0 Å². The van der Waals surface area contributed by atoms with Crippen molar-refractivity contribution in [2.45, 2.75) is 39.5 Å². The molecular weight excluding hydrogens is 272 g/mol. The van der Waals surface area contributed by atoms with Crippen molar-refractivity contribution in [1.29, 1.82) is 0 Å². The first kappa shape index (κ1) is 18.2. The summed E-state index contributed by atoms with van der Waals surface area (Å²) in [5.41, 5.74) is 5.48. The Labute approximate surface area is 118 Å². The number of rotatable bonds is 6. The van der Waals surface area contributed by atoms with Gasteiger partial charge in [-0.15, -0.1) is 12.4 Å². The first-order valence-corrected chi connectivity index (χ1v) is 8.02. The zero-order valence-electron chi connectivity index (χ0n) is 11.7. The predicted octanol–water partition coefficient (Wildman–Crippen LogP) is 1.84. The van der Waals surface area contributed by atoms with Gasteiger partial charge in [0.1, 0.15) is 0 Å². The van der Waals surface area contributed by atoms with E-state index < -0.39 is 10.0 Å². The highest BCUT2D eigenvalue weighted by Crippen LogP contribution is 2.27. The first-order chi connectivity index (χ1) is 7.77. The Kier molecular flexibility index (Phi) is 7.14. The maximum Gasteiger partial charge on any atom is 0.214 e. The largest absolute Gasteiger partial charge is 0.330 e. The number of nitrogens with zero attached hydrogens (tertiary/aromatic N) is 1. The molecule has 0 aliphatic heterocycles. The van der Waals surface area contributed by atoms with E-state index in [1.54, 1.807) is 7.05 Å². The molecule has 0 unspecified atom stereocenters. The van der Waals surface area contributed by atoms with Crippen LogP contribution in [0.1, 0.15) is 39.5 Å². The van der Waals surface area contributed by atoms with Gasteiger partial charge in [0.05, 0.1) is 5.75 Å². The Morgan fingerprint density at radius 1 is 1.28 bits per heavy atom. The summed E-state index contributed by atoms with van der Waals surface area (Å²) in [6.07, 6.45) is 4.48. The SMILES string of the molecule is CN(CC(C)(C)CN)S(=O)(=O)CC1CCCC1.Cl. The lowest BCUT2D eigenvalue weighted by atomic mass is 9.94. The van der Waals surface area contributed by atoms with Crippen LogP contribution in [0.15, 0.2) is 0 Å². The molecule has 1 rings (SSSR count). The van der Waals surface area contributed by atoms with Gasteiger partial charge in [0.2, 0.25) is 10.0 Å². The Bertz CT molecular complexity index is 338. The first-order valence-electron chi connectivity index (χ1n) is 6.41. The van der Waals surface area contributed by atoms with Gasteiger partial charge < -0.3 is 5.73 Å². The third-order valence-electron chi connectivity index (χ3n) is 3.60. The number of hydrogen-bond acceptors (Lipinski definition) is 3. The molecule has 1 aliphatic carbocycles. The molecule has 0 aromatic carbocycles. The van der Waals surface area contributed by atoms with Gasteiger partial charge in [-0.2, -0.15) is 0 Å². The second-order valence-corrected chi connectivity index (χ2v) is 8.17. The average Bonchev–Trinajstić information content (AvgIpc) is 2.69. The average molecular weight is 299 g/mol. The molecule has 0 saturated heterocycles. The van der Waals surface area contributed by atoms with Gasteiger partial charge in [0.25, 0.3) is 0 Å². The van der Waals surface area contributed by atoms with Crippen molar-refractivity contribution in [3.8, 4) is 0 Å². The van der Waals surface area contributed by atoms with Crippen molar-refractivity contribution in [2.75, 3.05) is 25.9 Å². The molecule has 0 heterocycles. The molecule has 4 nitrogen and oxygen atoms in total. The maximum atomic E-state index is 12.2. The molecule has 110 valence electrons. The molecular formula is C12H27ClN2O2S. The van der Waals surface area contributed by atoms with Crippen molar-refractivity contribution in [2.24, 2.45) is 17.1 Å². The second-order valence-electron chi connectivity index (χ2n) is 6.05. The van der Waals surface area contributed by atoms with E-state index >= 15 is 0 Å². The van der Waals surface area contributed by atoms with Crippen molar-refractivity contribution in [3.63, 3.8) is 0 Å². The molecule has 0 radical (unpaired) electrons. The fourth-order valence-corrected chi connectivity index (χ4v) is 4.10. The fourth-order valence-electron chi connectivity index (χ4n) is 2.37. The van der Waals surface area contributed by atoms with E-state index in [0.717, 1.165) is 12.8 Å². The molecule has 0 spiro atoms. The number of hydrogen-bond donors (Lipinski definition) is 1. The van der Waals surface area contributed by atoms with Crippen molar-refractivity contribution in [1.82, 2.24) is 4.31 Å². The molecule has 0 bridgehead atoms. The lowest BCUT2D eigenvalue weighted by Crippen LogP contribution is -2.41. The second kappa shape index (κ2) is 7.08.